The molecule has 2 aliphatic heterocycles. The monoisotopic (exact) mass is 300 g/mol. The minimum Gasteiger partial charge on any atom is -0.338 e. The molecule has 0 aromatic heterocycles. The number of halogens is 2. The van der Waals surface area contributed by atoms with Crippen LogP contribution in [0.2, 0.25) is 5.02 Å². The van der Waals surface area contributed by atoms with E-state index in [1.165, 1.54) is 6.42 Å². The molecule has 1 aromatic rings. The van der Waals surface area contributed by atoms with Crippen LogP contribution in [0.15, 0.2) is 24.3 Å². The Hall–Kier alpha value is -0.770. The molecule has 1 unspecified atom stereocenters. The van der Waals surface area contributed by atoms with Crippen LogP contribution in [0.25, 0.3) is 0 Å². The molecule has 1 spiro atoms. The van der Waals surface area contributed by atoms with Crippen molar-refractivity contribution in [2.75, 3.05) is 26.2 Å². The van der Waals surface area contributed by atoms with Gasteiger partial charge in [0.15, 0.2) is 0 Å². The molecule has 3 rings (SSSR count). The fourth-order valence-corrected chi connectivity index (χ4v) is 3.25. The summed E-state index contributed by atoms with van der Waals surface area (Å²) in [6.45, 7) is 3.88. The van der Waals surface area contributed by atoms with Gasteiger partial charge in [-0.1, -0.05) is 17.7 Å². The van der Waals surface area contributed by atoms with Crippen molar-refractivity contribution in [1.29, 1.82) is 0 Å². The van der Waals surface area contributed by atoms with Crippen LogP contribution in [0.3, 0.4) is 0 Å². The van der Waals surface area contributed by atoms with E-state index >= 15 is 0 Å². The molecule has 19 heavy (non-hydrogen) atoms. The molecule has 2 fully saturated rings. The van der Waals surface area contributed by atoms with Gasteiger partial charge in [0, 0.05) is 35.6 Å². The molecule has 0 radical (unpaired) electrons. The lowest BCUT2D eigenvalue weighted by molar-refractivity contribution is 0.0775. The van der Waals surface area contributed by atoms with Crippen molar-refractivity contribution in [3.63, 3.8) is 0 Å². The Balaban J connectivity index is 0.00000133. The number of carbonyl (C=O) groups excluding carboxylic acids is 1. The standard InChI is InChI=1S/C14H17ClN2O.ClH/c15-12-3-1-2-11(8-12)13(18)17-7-5-14(10-17)4-6-16-9-14;/h1-3,8,16H,4-7,9-10H2;1H. The van der Waals surface area contributed by atoms with E-state index in [1.807, 2.05) is 17.0 Å². The third-order valence-corrected chi connectivity index (χ3v) is 4.36. The van der Waals surface area contributed by atoms with Crippen molar-refractivity contribution in [1.82, 2.24) is 10.2 Å². The summed E-state index contributed by atoms with van der Waals surface area (Å²) >= 11 is 5.94. The van der Waals surface area contributed by atoms with Gasteiger partial charge in [-0.05, 0) is 37.6 Å². The highest BCUT2D eigenvalue weighted by molar-refractivity contribution is 6.30. The zero-order valence-electron chi connectivity index (χ0n) is 10.7. The zero-order chi connectivity index (χ0) is 12.6. The molecule has 5 heteroatoms. The second-order valence-corrected chi connectivity index (χ2v) is 5.85. The summed E-state index contributed by atoms with van der Waals surface area (Å²) in [5, 5.41) is 4.03. The van der Waals surface area contributed by atoms with Crippen LogP contribution in [0.4, 0.5) is 0 Å². The quantitative estimate of drug-likeness (QED) is 0.865. The molecule has 0 saturated carbocycles. The highest BCUT2D eigenvalue weighted by atomic mass is 35.5. The number of hydrogen-bond donors (Lipinski definition) is 1. The van der Waals surface area contributed by atoms with Gasteiger partial charge in [0.1, 0.15) is 0 Å². The van der Waals surface area contributed by atoms with Crippen LogP contribution < -0.4 is 5.32 Å². The molecule has 1 N–H and O–H groups in total. The Labute approximate surface area is 124 Å². The topological polar surface area (TPSA) is 32.3 Å². The van der Waals surface area contributed by atoms with Gasteiger partial charge in [-0.25, -0.2) is 0 Å². The van der Waals surface area contributed by atoms with Gasteiger partial charge in [-0.2, -0.15) is 0 Å². The lowest BCUT2D eigenvalue weighted by Gasteiger charge is -2.22. The summed E-state index contributed by atoms with van der Waals surface area (Å²) in [5.74, 6) is 0.112. The van der Waals surface area contributed by atoms with Crippen LogP contribution in [0, 0.1) is 5.41 Å². The van der Waals surface area contributed by atoms with E-state index in [4.69, 9.17) is 11.6 Å². The number of likely N-dealkylation sites (tertiary alicyclic amines) is 1. The van der Waals surface area contributed by atoms with Crippen molar-refractivity contribution < 1.29 is 4.79 Å². The van der Waals surface area contributed by atoms with Gasteiger partial charge in [0.2, 0.25) is 0 Å². The van der Waals surface area contributed by atoms with Crippen LogP contribution in [-0.2, 0) is 0 Å². The number of benzene rings is 1. The fraction of sp³-hybridized carbons (Fsp3) is 0.500. The molecule has 1 amide bonds. The average Bonchev–Trinajstić information content (AvgIpc) is 3.00. The average molecular weight is 301 g/mol. The maximum absolute atomic E-state index is 12.4. The van der Waals surface area contributed by atoms with Gasteiger partial charge in [0.05, 0.1) is 0 Å². The predicted molar refractivity (Wildman–Crippen MR) is 79.1 cm³/mol. The van der Waals surface area contributed by atoms with E-state index in [-0.39, 0.29) is 18.3 Å². The Kier molecular flexibility index (Phi) is 4.39. The first-order chi connectivity index (χ1) is 8.69. The highest BCUT2D eigenvalue weighted by Gasteiger charge is 2.41. The van der Waals surface area contributed by atoms with Gasteiger partial charge in [-0.3, -0.25) is 4.79 Å². The molecule has 1 aromatic carbocycles. The van der Waals surface area contributed by atoms with Crippen molar-refractivity contribution in [2.24, 2.45) is 5.41 Å². The minimum atomic E-state index is 0. The Morgan fingerprint density at radius 1 is 1.37 bits per heavy atom. The fourth-order valence-electron chi connectivity index (χ4n) is 3.06. The molecule has 2 aliphatic rings. The molecule has 1 atom stereocenters. The van der Waals surface area contributed by atoms with Crippen molar-refractivity contribution in [2.45, 2.75) is 12.8 Å². The maximum atomic E-state index is 12.4. The number of hydrogen-bond acceptors (Lipinski definition) is 2. The molecule has 2 saturated heterocycles. The summed E-state index contributed by atoms with van der Waals surface area (Å²) in [6.07, 6.45) is 2.30. The van der Waals surface area contributed by atoms with Crippen LogP contribution >= 0.6 is 24.0 Å². The van der Waals surface area contributed by atoms with E-state index in [9.17, 15) is 4.79 Å². The largest absolute Gasteiger partial charge is 0.338 e. The van der Waals surface area contributed by atoms with E-state index < -0.39 is 0 Å². The number of nitrogens with one attached hydrogen (secondary N) is 1. The van der Waals surface area contributed by atoms with Crippen LogP contribution in [-0.4, -0.2) is 37.0 Å². The van der Waals surface area contributed by atoms with E-state index in [0.717, 1.165) is 32.6 Å². The molecule has 0 aliphatic carbocycles. The first kappa shape index (κ1) is 14.6. The first-order valence-corrected chi connectivity index (χ1v) is 6.82. The molecule has 2 heterocycles. The molecule has 0 bridgehead atoms. The normalized spacial score (nSPS) is 25.6. The molecular weight excluding hydrogens is 283 g/mol. The second kappa shape index (κ2) is 5.70. The summed E-state index contributed by atoms with van der Waals surface area (Å²) in [4.78, 5) is 14.4. The van der Waals surface area contributed by atoms with Crippen molar-refractivity contribution >= 4 is 29.9 Å². The van der Waals surface area contributed by atoms with Gasteiger partial charge >= 0.3 is 0 Å². The zero-order valence-corrected chi connectivity index (χ0v) is 12.3. The Morgan fingerprint density at radius 3 is 2.89 bits per heavy atom. The molecule has 3 nitrogen and oxygen atoms in total. The van der Waals surface area contributed by atoms with E-state index in [0.29, 0.717) is 16.0 Å². The summed E-state index contributed by atoms with van der Waals surface area (Å²) in [7, 11) is 0. The first-order valence-electron chi connectivity index (χ1n) is 6.44. The van der Waals surface area contributed by atoms with E-state index in [1.54, 1.807) is 12.1 Å². The van der Waals surface area contributed by atoms with Crippen LogP contribution in [0.5, 0.6) is 0 Å². The Bertz CT molecular complexity index is 472. The highest BCUT2D eigenvalue weighted by Crippen LogP contribution is 2.36. The summed E-state index contributed by atoms with van der Waals surface area (Å²) in [5.41, 5.74) is 1.03. The molecular formula is C14H18Cl2N2O. The van der Waals surface area contributed by atoms with Crippen molar-refractivity contribution in [3.05, 3.63) is 34.9 Å². The number of amides is 1. The van der Waals surface area contributed by atoms with Gasteiger partial charge < -0.3 is 10.2 Å². The lowest BCUT2D eigenvalue weighted by atomic mass is 9.86. The minimum absolute atomic E-state index is 0. The molecule has 104 valence electrons. The predicted octanol–water partition coefficient (Wildman–Crippen LogP) is 2.59. The van der Waals surface area contributed by atoms with Crippen molar-refractivity contribution in [3.8, 4) is 0 Å². The lowest BCUT2D eigenvalue weighted by Crippen LogP contribution is -2.33. The second-order valence-electron chi connectivity index (χ2n) is 5.41. The third-order valence-electron chi connectivity index (χ3n) is 4.13. The number of rotatable bonds is 1. The number of nitrogens with zero attached hydrogens (tertiary/aromatic N) is 1. The third kappa shape index (κ3) is 2.88. The SMILES string of the molecule is Cl.O=C(c1cccc(Cl)c1)N1CCC2(CCNC2)C1. The van der Waals surface area contributed by atoms with Gasteiger partial charge in [0.25, 0.3) is 5.91 Å². The maximum Gasteiger partial charge on any atom is 0.253 e. The smallest absolute Gasteiger partial charge is 0.253 e. The summed E-state index contributed by atoms with van der Waals surface area (Å²) < 4.78 is 0. The Morgan fingerprint density at radius 2 is 2.21 bits per heavy atom. The number of carbonyl (C=O) groups is 1. The van der Waals surface area contributed by atoms with Gasteiger partial charge in [-0.15, -0.1) is 12.4 Å². The van der Waals surface area contributed by atoms with Crippen LogP contribution in [0.1, 0.15) is 23.2 Å². The van der Waals surface area contributed by atoms with E-state index in [2.05, 4.69) is 5.32 Å². The summed E-state index contributed by atoms with van der Waals surface area (Å²) in [6, 6.07) is 7.22.